The number of hydrogen-bond acceptors (Lipinski definition) is 3. The van der Waals surface area contributed by atoms with Crippen LogP contribution < -0.4 is 10.5 Å². The zero-order valence-corrected chi connectivity index (χ0v) is 10.9. The van der Waals surface area contributed by atoms with Crippen molar-refractivity contribution in [2.75, 3.05) is 5.73 Å². The van der Waals surface area contributed by atoms with Crippen molar-refractivity contribution < 1.29 is 9.15 Å². The second kappa shape index (κ2) is 4.86. The van der Waals surface area contributed by atoms with Crippen LogP contribution in [0.3, 0.4) is 0 Å². The van der Waals surface area contributed by atoms with Gasteiger partial charge in [0.15, 0.2) is 0 Å². The van der Waals surface area contributed by atoms with Crippen molar-refractivity contribution in [3.8, 4) is 5.75 Å². The van der Waals surface area contributed by atoms with E-state index in [1.165, 1.54) is 0 Å². The minimum absolute atomic E-state index is 0.332. The van der Waals surface area contributed by atoms with Crippen LogP contribution in [0.1, 0.15) is 5.76 Å². The van der Waals surface area contributed by atoms with Crippen LogP contribution in [0.15, 0.2) is 52.9 Å². The van der Waals surface area contributed by atoms with Crippen LogP contribution in [-0.4, -0.2) is 0 Å². The van der Waals surface area contributed by atoms with Crippen LogP contribution in [0.25, 0.3) is 11.0 Å². The number of furan rings is 1. The minimum atomic E-state index is 0.332. The summed E-state index contributed by atoms with van der Waals surface area (Å²) in [4.78, 5) is 0. The molecule has 0 aliphatic carbocycles. The third kappa shape index (κ3) is 2.51. The molecule has 0 amide bonds. The molecule has 0 aliphatic rings. The highest BCUT2D eigenvalue weighted by molar-refractivity contribution is 6.32. The highest BCUT2D eigenvalue weighted by Gasteiger charge is 2.06. The molecule has 1 aromatic heterocycles. The molecule has 19 heavy (non-hydrogen) atoms. The Labute approximate surface area is 115 Å². The second-order valence-electron chi connectivity index (χ2n) is 4.23. The van der Waals surface area contributed by atoms with E-state index in [0.717, 1.165) is 16.7 Å². The Hall–Kier alpha value is -2.13. The van der Waals surface area contributed by atoms with Gasteiger partial charge in [0, 0.05) is 17.1 Å². The number of benzene rings is 2. The van der Waals surface area contributed by atoms with Gasteiger partial charge in [-0.15, -0.1) is 0 Å². The largest absolute Gasteiger partial charge is 0.484 e. The molecule has 0 saturated carbocycles. The van der Waals surface area contributed by atoms with Crippen molar-refractivity contribution >= 4 is 28.3 Å². The topological polar surface area (TPSA) is 48.4 Å². The standard InChI is InChI=1S/C15H12ClNO2/c16-13-3-1-2-4-14(13)18-9-12-7-10-5-6-11(17)8-15(10)19-12/h1-8H,9,17H2. The Balaban J connectivity index is 1.80. The molecule has 2 aromatic carbocycles. The number of para-hydroxylation sites is 1. The van der Waals surface area contributed by atoms with Gasteiger partial charge >= 0.3 is 0 Å². The average Bonchev–Trinajstić information content (AvgIpc) is 2.79. The smallest absolute Gasteiger partial charge is 0.146 e. The number of hydrogen-bond donors (Lipinski definition) is 1. The molecule has 0 unspecified atom stereocenters. The fourth-order valence-electron chi connectivity index (χ4n) is 1.88. The van der Waals surface area contributed by atoms with Gasteiger partial charge < -0.3 is 14.9 Å². The highest BCUT2D eigenvalue weighted by atomic mass is 35.5. The Morgan fingerprint density at radius 2 is 1.95 bits per heavy atom. The summed E-state index contributed by atoms with van der Waals surface area (Å²) in [5.74, 6) is 1.38. The third-order valence-electron chi connectivity index (χ3n) is 2.80. The molecule has 3 rings (SSSR count). The molecule has 0 aliphatic heterocycles. The van der Waals surface area contributed by atoms with Gasteiger partial charge in [0.25, 0.3) is 0 Å². The van der Waals surface area contributed by atoms with Gasteiger partial charge in [-0.25, -0.2) is 0 Å². The third-order valence-corrected chi connectivity index (χ3v) is 3.11. The summed E-state index contributed by atoms with van der Waals surface area (Å²) in [7, 11) is 0. The number of anilines is 1. The van der Waals surface area contributed by atoms with Crippen molar-refractivity contribution in [2.24, 2.45) is 0 Å². The van der Waals surface area contributed by atoms with Crippen LogP contribution in [0.2, 0.25) is 5.02 Å². The van der Waals surface area contributed by atoms with E-state index in [2.05, 4.69) is 0 Å². The summed E-state index contributed by atoms with van der Waals surface area (Å²) in [6.45, 7) is 0.332. The molecule has 3 nitrogen and oxygen atoms in total. The summed E-state index contributed by atoms with van der Waals surface area (Å²) in [5, 5.41) is 1.59. The first kappa shape index (κ1) is 11.9. The zero-order valence-electron chi connectivity index (χ0n) is 10.1. The predicted octanol–water partition coefficient (Wildman–Crippen LogP) is 4.25. The quantitative estimate of drug-likeness (QED) is 0.726. The Kier molecular flexibility index (Phi) is 3.05. The maximum absolute atomic E-state index is 6.02. The molecule has 0 fully saturated rings. The molecule has 3 aromatic rings. The van der Waals surface area contributed by atoms with E-state index in [4.69, 9.17) is 26.5 Å². The summed E-state index contributed by atoms with van der Waals surface area (Å²) < 4.78 is 11.3. The molecule has 2 N–H and O–H groups in total. The van der Waals surface area contributed by atoms with Crippen molar-refractivity contribution in [2.45, 2.75) is 6.61 Å². The maximum Gasteiger partial charge on any atom is 0.146 e. The van der Waals surface area contributed by atoms with E-state index in [9.17, 15) is 0 Å². The number of fused-ring (bicyclic) bond motifs is 1. The highest BCUT2D eigenvalue weighted by Crippen LogP contribution is 2.26. The Morgan fingerprint density at radius 3 is 2.79 bits per heavy atom. The van der Waals surface area contributed by atoms with E-state index in [-0.39, 0.29) is 0 Å². The van der Waals surface area contributed by atoms with Crippen LogP contribution in [-0.2, 0) is 6.61 Å². The molecule has 0 atom stereocenters. The lowest BCUT2D eigenvalue weighted by Crippen LogP contribution is -1.93. The fraction of sp³-hybridized carbons (Fsp3) is 0.0667. The van der Waals surface area contributed by atoms with Gasteiger partial charge in [0.2, 0.25) is 0 Å². The molecule has 96 valence electrons. The van der Waals surface area contributed by atoms with Gasteiger partial charge in [-0.1, -0.05) is 23.7 Å². The van der Waals surface area contributed by atoms with Gasteiger partial charge in [0.05, 0.1) is 5.02 Å². The lowest BCUT2D eigenvalue weighted by molar-refractivity contribution is 0.274. The number of nitrogen functional groups attached to an aromatic ring is 1. The second-order valence-corrected chi connectivity index (χ2v) is 4.64. The predicted molar refractivity (Wildman–Crippen MR) is 76.4 cm³/mol. The van der Waals surface area contributed by atoms with Crippen molar-refractivity contribution in [3.05, 3.63) is 59.3 Å². The van der Waals surface area contributed by atoms with E-state index >= 15 is 0 Å². The Morgan fingerprint density at radius 1 is 1.11 bits per heavy atom. The summed E-state index contributed by atoms with van der Waals surface area (Å²) in [6, 6.07) is 14.8. The van der Waals surface area contributed by atoms with E-state index in [1.54, 1.807) is 12.1 Å². The van der Waals surface area contributed by atoms with Gasteiger partial charge in [-0.2, -0.15) is 0 Å². The average molecular weight is 274 g/mol. The number of rotatable bonds is 3. The first-order valence-corrected chi connectivity index (χ1v) is 6.25. The van der Waals surface area contributed by atoms with Crippen molar-refractivity contribution in [1.82, 2.24) is 0 Å². The number of nitrogens with two attached hydrogens (primary N) is 1. The number of halogens is 1. The van der Waals surface area contributed by atoms with Crippen molar-refractivity contribution in [3.63, 3.8) is 0 Å². The maximum atomic E-state index is 6.02. The fourth-order valence-corrected chi connectivity index (χ4v) is 2.07. The summed E-state index contributed by atoms with van der Waals surface area (Å²) in [5.41, 5.74) is 7.15. The van der Waals surface area contributed by atoms with Crippen molar-refractivity contribution in [1.29, 1.82) is 0 Å². The summed E-state index contributed by atoms with van der Waals surface area (Å²) >= 11 is 6.02. The van der Waals surface area contributed by atoms with Gasteiger partial charge in [-0.3, -0.25) is 0 Å². The molecular weight excluding hydrogens is 262 g/mol. The van der Waals surface area contributed by atoms with Crippen LogP contribution >= 0.6 is 11.6 Å². The minimum Gasteiger partial charge on any atom is -0.484 e. The molecule has 1 heterocycles. The lowest BCUT2D eigenvalue weighted by atomic mass is 10.2. The van der Waals surface area contributed by atoms with E-state index < -0.39 is 0 Å². The normalized spacial score (nSPS) is 10.8. The molecular formula is C15H12ClNO2. The molecule has 4 heteroatoms. The van der Waals surface area contributed by atoms with Gasteiger partial charge in [-0.05, 0) is 30.3 Å². The molecule has 0 spiro atoms. The van der Waals surface area contributed by atoms with E-state index in [0.29, 0.717) is 23.1 Å². The van der Waals surface area contributed by atoms with Gasteiger partial charge in [0.1, 0.15) is 23.7 Å². The summed E-state index contributed by atoms with van der Waals surface area (Å²) in [6.07, 6.45) is 0. The lowest BCUT2D eigenvalue weighted by Gasteiger charge is -2.05. The van der Waals surface area contributed by atoms with Crippen LogP contribution in [0.4, 0.5) is 5.69 Å². The molecule has 0 saturated heterocycles. The Bertz CT molecular complexity index is 721. The first-order chi connectivity index (χ1) is 9.22. The SMILES string of the molecule is Nc1ccc2cc(COc3ccccc3Cl)oc2c1. The monoisotopic (exact) mass is 273 g/mol. The number of ether oxygens (including phenoxy) is 1. The zero-order chi connectivity index (χ0) is 13.2. The molecule has 0 radical (unpaired) electrons. The van der Waals surface area contributed by atoms with Crippen LogP contribution in [0, 0.1) is 0 Å². The van der Waals surface area contributed by atoms with Crippen LogP contribution in [0.5, 0.6) is 5.75 Å². The molecule has 0 bridgehead atoms. The van der Waals surface area contributed by atoms with E-state index in [1.807, 2.05) is 36.4 Å². The first-order valence-electron chi connectivity index (χ1n) is 5.87.